The van der Waals surface area contributed by atoms with Crippen molar-refractivity contribution in [1.29, 1.82) is 0 Å². The molecule has 3 rings (SSSR count). The molecular formula is C19H27N. The van der Waals surface area contributed by atoms with Crippen LogP contribution in [0, 0.1) is 0 Å². The average molecular weight is 269 g/mol. The first kappa shape index (κ1) is 13.9. The first-order valence-electron chi connectivity index (χ1n) is 8.14. The number of likely N-dealkylation sites (N-methyl/N-ethyl adjacent to an activating group) is 1. The largest absolute Gasteiger partial charge is 0.297 e. The second kappa shape index (κ2) is 5.73. The highest BCUT2D eigenvalue weighted by atomic mass is 15.2. The van der Waals surface area contributed by atoms with E-state index in [0.717, 1.165) is 12.5 Å². The van der Waals surface area contributed by atoms with Gasteiger partial charge in [0.1, 0.15) is 0 Å². The lowest BCUT2D eigenvalue weighted by atomic mass is 9.83. The standard InChI is InChI=1S/C19H27N/c1-14(2)17-9-7-15(8-10-17)11-16-12-18-5-4-6-19(13-16)20(18)3/h7-10,12,14,18-19H,4-6,11,13H2,1-3H3. The summed E-state index contributed by atoms with van der Waals surface area (Å²) in [7, 11) is 2.30. The van der Waals surface area contributed by atoms with E-state index in [1.54, 1.807) is 5.57 Å². The van der Waals surface area contributed by atoms with Crippen LogP contribution in [0.5, 0.6) is 0 Å². The molecule has 108 valence electrons. The number of benzene rings is 1. The molecule has 0 aromatic heterocycles. The molecule has 2 aliphatic heterocycles. The van der Waals surface area contributed by atoms with E-state index in [0.29, 0.717) is 12.0 Å². The third-order valence-corrected chi connectivity index (χ3v) is 5.14. The lowest BCUT2D eigenvalue weighted by Gasteiger charge is -2.42. The number of hydrogen-bond donors (Lipinski definition) is 0. The summed E-state index contributed by atoms with van der Waals surface area (Å²) in [6, 6.07) is 10.7. The fourth-order valence-corrected chi connectivity index (χ4v) is 3.74. The van der Waals surface area contributed by atoms with Crippen LogP contribution in [0.3, 0.4) is 0 Å². The summed E-state index contributed by atoms with van der Waals surface area (Å²) in [5.74, 6) is 0.631. The Hall–Kier alpha value is -1.08. The van der Waals surface area contributed by atoms with Crippen molar-refractivity contribution in [1.82, 2.24) is 4.90 Å². The first-order chi connectivity index (χ1) is 9.63. The van der Waals surface area contributed by atoms with Crippen LogP contribution < -0.4 is 0 Å². The van der Waals surface area contributed by atoms with Gasteiger partial charge in [-0.15, -0.1) is 0 Å². The van der Waals surface area contributed by atoms with Gasteiger partial charge < -0.3 is 0 Å². The Morgan fingerprint density at radius 2 is 1.90 bits per heavy atom. The quantitative estimate of drug-likeness (QED) is 0.728. The Labute approximate surface area is 123 Å². The number of hydrogen-bond acceptors (Lipinski definition) is 1. The van der Waals surface area contributed by atoms with Crippen molar-refractivity contribution in [3.05, 3.63) is 47.0 Å². The number of piperidine rings is 1. The minimum absolute atomic E-state index is 0.631. The molecule has 0 spiro atoms. The highest BCUT2D eigenvalue weighted by Gasteiger charge is 2.30. The van der Waals surface area contributed by atoms with E-state index in [-0.39, 0.29) is 0 Å². The fourth-order valence-electron chi connectivity index (χ4n) is 3.74. The van der Waals surface area contributed by atoms with E-state index in [2.05, 4.69) is 56.1 Å². The normalized spacial score (nSPS) is 26.7. The number of rotatable bonds is 3. The Kier molecular flexibility index (Phi) is 3.98. The minimum Gasteiger partial charge on any atom is -0.297 e. The van der Waals surface area contributed by atoms with Crippen LogP contribution in [0.1, 0.15) is 56.6 Å². The van der Waals surface area contributed by atoms with E-state index >= 15 is 0 Å². The SMILES string of the molecule is CC(C)c1ccc(CC2=CC3CCCC(C2)N3C)cc1. The van der Waals surface area contributed by atoms with Crippen LogP contribution in [0.25, 0.3) is 0 Å². The molecule has 2 bridgehead atoms. The van der Waals surface area contributed by atoms with E-state index in [9.17, 15) is 0 Å². The maximum absolute atomic E-state index is 2.59. The average Bonchev–Trinajstić information content (AvgIpc) is 2.40. The summed E-state index contributed by atoms with van der Waals surface area (Å²) in [6.07, 6.45) is 9.12. The fraction of sp³-hybridized carbons (Fsp3) is 0.579. The van der Waals surface area contributed by atoms with Gasteiger partial charge in [0.25, 0.3) is 0 Å². The second-order valence-corrected chi connectivity index (χ2v) is 6.92. The van der Waals surface area contributed by atoms with Crippen molar-refractivity contribution in [2.24, 2.45) is 0 Å². The molecule has 0 N–H and O–H groups in total. The Balaban J connectivity index is 1.71. The van der Waals surface area contributed by atoms with Gasteiger partial charge in [-0.05, 0) is 49.8 Å². The van der Waals surface area contributed by atoms with Crippen LogP contribution in [0.15, 0.2) is 35.9 Å². The summed E-state index contributed by atoms with van der Waals surface area (Å²) in [5, 5.41) is 0. The predicted molar refractivity (Wildman–Crippen MR) is 86.1 cm³/mol. The zero-order chi connectivity index (χ0) is 14.1. The smallest absolute Gasteiger partial charge is 0.0280 e. The molecule has 0 radical (unpaired) electrons. The number of fused-ring (bicyclic) bond motifs is 2. The number of nitrogens with zero attached hydrogens (tertiary/aromatic N) is 1. The van der Waals surface area contributed by atoms with Crippen LogP contribution in [0.4, 0.5) is 0 Å². The van der Waals surface area contributed by atoms with Gasteiger partial charge in [0.15, 0.2) is 0 Å². The lowest BCUT2D eigenvalue weighted by Crippen LogP contribution is -2.46. The van der Waals surface area contributed by atoms with Crippen LogP contribution in [0.2, 0.25) is 0 Å². The molecule has 1 aromatic carbocycles. The molecule has 1 saturated heterocycles. The maximum atomic E-state index is 2.59. The van der Waals surface area contributed by atoms with Crippen LogP contribution in [-0.2, 0) is 6.42 Å². The lowest BCUT2D eigenvalue weighted by molar-refractivity contribution is 0.129. The van der Waals surface area contributed by atoms with E-state index < -0.39 is 0 Å². The topological polar surface area (TPSA) is 3.24 Å². The Bertz CT molecular complexity index is 483. The van der Waals surface area contributed by atoms with Crippen molar-refractivity contribution in [2.75, 3.05) is 7.05 Å². The predicted octanol–water partition coefficient (Wildman–Crippen LogP) is 4.54. The molecule has 0 saturated carbocycles. The summed E-state index contributed by atoms with van der Waals surface area (Å²) in [4.78, 5) is 2.59. The zero-order valence-electron chi connectivity index (χ0n) is 13.1. The van der Waals surface area contributed by atoms with E-state index in [1.165, 1.54) is 36.8 Å². The Morgan fingerprint density at radius 1 is 1.15 bits per heavy atom. The molecule has 0 aliphatic carbocycles. The molecule has 2 heterocycles. The summed E-state index contributed by atoms with van der Waals surface area (Å²) in [6.45, 7) is 4.52. The zero-order valence-corrected chi connectivity index (χ0v) is 13.1. The van der Waals surface area contributed by atoms with Crippen molar-refractivity contribution in [3.63, 3.8) is 0 Å². The van der Waals surface area contributed by atoms with E-state index in [1.807, 2.05) is 0 Å². The van der Waals surface area contributed by atoms with Crippen LogP contribution in [-0.4, -0.2) is 24.0 Å². The van der Waals surface area contributed by atoms with Gasteiger partial charge >= 0.3 is 0 Å². The van der Waals surface area contributed by atoms with Gasteiger partial charge in [0.2, 0.25) is 0 Å². The third-order valence-electron chi connectivity index (χ3n) is 5.14. The molecular weight excluding hydrogens is 242 g/mol. The molecule has 2 aliphatic rings. The molecule has 20 heavy (non-hydrogen) atoms. The Morgan fingerprint density at radius 3 is 2.55 bits per heavy atom. The van der Waals surface area contributed by atoms with Gasteiger partial charge in [-0.1, -0.05) is 56.2 Å². The van der Waals surface area contributed by atoms with Crippen molar-refractivity contribution in [2.45, 2.75) is 64.0 Å². The van der Waals surface area contributed by atoms with Crippen molar-refractivity contribution >= 4 is 0 Å². The molecule has 1 nitrogen and oxygen atoms in total. The molecule has 0 amide bonds. The molecule has 1 fully saturated rings. The van der Waals surface area contributed by atoms with Gasteiger partial charge in [0, 0.05) is 12.1 Å². The summed E-state index contributed by atoms with van der Waals surface area (Å²) in [5.41, 5.74) is 4.58. The highest BCUT2D eigenvalue weighted by Crippen LogP contribution is 2.33. The van der Waals surface area contributed by atoms with Gasteiger partial charge in [-0.2, -0.15) is 0 Å². The van der Waals surface area contributed by atoms with E-state index in [4.69, 9.17) is 0 Å². The maximum Gasteiger partial charge on any atom is 0.0280 e. The van der Waals surface area contributed by atoms with Crippen LogP contribution >= 0.6 is 0 Å². The summed E-state index contributed by atoms with van der Waals surface area (Å²) >= 11 is 0. The third kappa shape index (κ3) is 2.83. The first-order valence-corrected chi connectivity index (χ1v) is 8.14. The minimum atomic E-state index is 0.631. The molecule has 1 aromatic rings. The van der Waals surface area contributed by atoms with Gasteiger partial charge in [-0.25, -0.2) is 0 Å². The van der Waals surface area contributed by atoms with Gasteiger partial charge in [-0.3, -0.25) is 4.90 Å². The van der Waals surface area contributed by atoms with Crippen molar-refractivity contribution < 1.29 is 0 Å². The van der Waals surface area contributed by atoms with Crippen molar-refractivity contribution in [3.8, 4) is 0 Å². The van der Waals surface area contributed by atoms with Gasteiger partial charge in [0.05, 0.1) is 0 Å². The molecule has 2 unspecified atom stereocenters. The molecule has 2 atom stereocenters. The highest BCUT2D eigenvalue weighted by molar-refractivity contribution is 5.29. The monoisotopic (exact) mass is 269 g/mol. The summed E-state index contributed by atoms with van der Waals surface area (Å²) < 4.78 is 0. The molecule has 1 heteroatoms. The second-order valence-electron chi connectivity index (χ2n) is 6.92.